The minimum Gasteiger partial charge on any atom is -0.296 e. The van der Waals surface area contributed by atoms with Crippen LogP contribution < -0.4 is 5.32 Å². The molecule has 0 aliphatic heterocycles. The van der Waals surface area contributed by atoms with Crippen molar-refractivity contribution in [2.45, 2.75) is 10.1 Å². The van der Waals surface area contributed by atoms with Crippen LogP contribution in [0.2, 0.25) is 10.0 Å². The standard InChI is InChI=1S/C16H10Cl2FN3OS2/c17-11-5-4-10(13(18)7-11)8-24-16-22-21-15(25-16)20-14(23)9-2-1-3-12(19)6-9/h1-7H,8H2,(H,20,21,23). The highest BCUT2D eigenvalue weighted by Crippen LogP contribution is 2.31. The van der Waals surface area contributed by atoms with Gasteiger partial charge in [-0.25, -0.2) is 4.39 Å². The van der Waals surface area contributed by atoms with E-state index in [1.807, 2.05) is 6.07 Å². The summed E-state index contributed by atoms with van der Waals surface area (Å²) in [7, 11) is 0. The predicted octanol–water partition coefficient (Wildman–Crippen LogP) is 5.53. The Labute approximate surface area is 161 Å². The Morgan fingerprint density at radius 1 is 1.20 bits per heavy atom. The van der Waals surface area contributed by atoms with Crippen LogP contribution in [0.1, 0.15) is 15.9 Å². The van der Waals surface area contributed by atoms with Gasteiger partial charge in [0.2, 0.25) is 5.13 Å². The van der Waals surface area contributed by atoms with Crippen LogP contribution in [0, 0.1) is 5.82 Å². The van der Waals surface area contributed by atoms with Gasteiger partial charge in [-0.15, -0.1) is 10.2 Å². The van der Waals surface area contributed by atoms with E-state index in [2.05, 4.69) is 15.5 Å². The highest BCUT2D eigenvalue weighted by molar-refractivity contribution is 8.00. The molecule has 25 heavy (non-hydrogen) atoms. The molecule has 0 spiro atoms. The Kier molecular flexibility index (Phi) is 5.90. The monoisotopic (exact) mass is 413 g/mol. The topological polar surface area (TPSA) is 54.9 Å². The number of hydrogen-bond acceptors (Lipinski definition) is 5. The minimum atomic E-state index is -0.471. The van der Waals surface area contributed by atoms with E-state index >= 15 is 0 Å². The summed E-state index contributed by atoms with van der Waals surface area (Å²) in [6.45, 7) is 0. The first-order chi connectivity index (χ1) is 12.0. The lowest BCUT2D eigenvalue weighted by molar-refractivity contribution is 0.102. The van der Waals surface area contributed by atoms with Gasteiger partial charge in [-0.05, 0) is 35.9 Å². The van der Waals surface area contributed by atoms with Gasteiger partial charge in [-0.3, -0.25) is 10.1 Å². The van der Waals surface area contributed by atoms with Gasteiger partial charge >= 0.3 is 0 Å². The van der Waals surface area contributed by atoms with Gasteiger partial charge in [-0.2, -0.15) is 0 Å². The molecule has 0 aliphatic rings. The SMILES string of the molecule is O=C(Nc1nnc(SCc2ccc(Cl)cc2Cl)s1)c1cccc(F)c1. The van der Waals surface area contributed by atoms with Crippen molar-refractivity contribution in [2.75, 3.05) is 5.32 Å². The molecule has 0 bridgehead atoms. The third-order valence-corrected chi connectivity index (χ3v) is 5.69. The summed E-state index contributed by atoms with van der Waals surface area (Å²) in [5, 5.41) is 12.1. The number of nitrogens with one attached hydrogen (secondary N) is 1. The molecule has 0 unspecified atom stereocenters. The van der Waals surface area contributed by atoms with E-state index < -0.39 is 11.7 Å². The molecule has 1 aromatic heterocycles. The third kappa shape index (κ3) is 4.92. The van der Waals surface area contributed by atoms with E-state index in [1.165, 1.54) is 41.3 Å². The summed E-state index contributed by atoms with van der Waals surface area (Å²) in [5.74, 6) is -0.309. The second-order valence-corrected chi connectivity index (χ2v) is 7.91. The van der Waals surface area contributed by atoms with Gasteiger partial charge < -0.3 is 0 Å². The number of benzene rings is 2. The zero-order valence-electron chi connectivity index (χ0n) is 12.5. The van der Waals surface area contributed by atoms with Crippen molar-refractivity contribution in [3.8, 4) is 0 Å². The predicted molar refractivity (Wildman–Crippen MR) is 100 cm³/mol. The lowest BCUT2D eigenvalue weighted by Crippen LogP contribution is -2.11. The fraction of sp³-hybridized carbons (Fsp3) is 0.0625. The maximum atomic E-state index is 13.2. The molecule has 3 aromatic rings. The molecule has 0 saturated carbocycles. The number of halogens is 3. The number of amides is 1. The van der Waals surface area contributed by atoms with Gasteiger partial charge in [0.1, 0.15) is 5.82 Å². The molecule has 0 saturated heterocycles. The van der Waals surface area contributed by atoms with Crippen molar-refractivity contribution in [1.29, 1.82) is 0 Å². The molecular formula is C16H10Cl2FN3OS2. The summed E-state index contributed by atoms with van der Waals surface area (Å²) < 4.78 is 13.8. The Balaban J connectivity index is 1.61. The summed E-state index contributed by atoms with van der Waals surface area (Å²) in [6.07, 6.45) is 0. The summed E-state index contributed by atoms with van der Waals surface area (Å²) >= 11 is 14.7. The van der Waals surface area contributed by atoms with Crippen molar-refractivity contribution in [2.24, 2.45) is 0 Å². The van der Waals surface area contributed by atoms with Crippen LogP contribution in [0.25, 0.3) is 0 Å². The van der Waals surface area contributed by atoms with E-state index in [9.17, 15) is 9.18 Å². The number of aromatic nitrogens is 2. The molecule has 128 valence electrons. The zero-order chi connectivity index (χ0) is 17.8. The van der Waals surface area contributed by atoms with Crippen molar-refractivity contribution in [3.05, 3.63) is 69.5 Å². The van der Waals surface area contributed by atoms with Gasteiger partial charge in [0, 0.05) is 21.4 Å². The second kappa shape index (κ2) is 8.14. The lowest BCUT2D eigenvalue weighted by Gasteiger charge is -2.02. The Bertz CT molecular complexity index is 920. The van der Waals surface area contributed by atoms with Crippen LogP contribution in [0.5, 0.6) is 0 Å². The first-order valence-corrected chi connectivity index (χ1v) is 9.54. The summed E-state index contributed by atoms with van der Waals surface area (Å²) in [4.78, 5) is 12.1. The van der Waals surface area contributed by atoms with Crippen LogP contribution >= 0.6 is 46.3 Å². The molecule has 0 aliphatic carbocycles. The number of nitrogens with zero attached hydrogens (tertiary/aromatic N) is 2. The lowest BCUT2D eigenvalue weighted by atomic mass is 10.2. The third-order valence-electron chi connectivity index (χ3n) is 3.08. The molecule has 2 aromatic carbocycles. The molecule has 1 heterocycles. The molecule has 0 fully saturated rings. The van der Waals surface area contributed by atoms with Crippen LogP contribution in [0.4, 0.5) is 9.52 Å². The van der Waals surface area contributed by atoms with Gasteiger partial charge in [-0.1, -0.05) is 58.4 Å². The van der Waals surface area contributed by atoms with E-state index in [0.29, 0.717) is 25.3 Å². The van der Waals surface area contributed by atoms with Gasteiger partial charge in [0.25, 0.3) is 5.91 Å². The Morgan fingerprint density at radius 2 is 2.04 bits per heavy atom. The highest BCUT2D eigenvalue weighted by atomic mass is 35.5. The summed E-state index contributed by atoms with van der Waals surface area (Å²) in [5.41, 5.74) is 1.15. The van der Waals surface area contributed by atoms with Crippen LogP contribution in [-0.2, 0) is 5.75 Å². The number of carbonyl (C=O) groups is 1. The average molecular weight is 414 g/mol. The van der Waals surface area contributed by atoms with E-state index in [0.717, 1.165) is 11.6 Å². The van der Waals surface area contributed by atoms with Crippen molar-refractivity contribution in [3.63, 3.8) is 0 Å². The van der Waals surface area contributed by atoms with E-state index in [-0.39, 0.29) is 5.56 Å². The van der Waals surface area contributed by atoms with Crippen molar-refractivity contribution in [1.82, 2.24) is 10.2 Å². The highest BCUT2D eigenvalue weighted by Gasteiger charge is 2.12. The number of carbonyl (C=O) groups excluding carboxylic acids is 1. The average Bonchev–Trinajstić information content (AvgIpc) is 3.01. The van der Waals surface area contributed by atoms with E-state index in [1.54, 1.807) is 12.1 Å². The smallest absolute Gasteiger partial charge is 0.257 e. The molecule has 4 nitrogen and oxygen atoms in total. The van der Waals surface area contributed by atoms with Crippen molar-refractivity contribution >= 4 is 57.3 Å². The number of rotatable bonds is 5. The minimum absolute atomic E-state index is 0.220. The van der Waals surface area contributed by atoms with Crippen LogP contribution in [-0.4, -0.2) is 16.1 Å². The quantitative estimate of drug-likeness (QED) is 0.441. The maximum Gasteiger partial charge on any atom is 0.257 e. The number of anilines is 1. The van der Waals surface area contributed by atoms with Crippen LogP contribution in [0.15, 0.2) is 46.8 Å². The number of hydrogen-bond donors (Lipinski definition) is 1. The molecule has 1 N–H and O–H groups in total. The Hall–Kier alpha value is -1.67. The van der Waals surface area contributed by atoms with Crippen molar-refractivity contribution < 1.29 is 9.18 Å². The maximum absolute atomic E-state index is 13.2. The molecule has 3 rings (SSSR count). The largest absolute Gasteiger partial charge is 0.296 e. The van der Waals surface area contributed by atoms with Gasteiger partial charge in [0.05, 0.1) is 0 Å². The number of thioether (sulfide) groups is 1. The fourth-order valence-corrected chi connectivity index (χ4v) is 4.20. The first kappa shape index (κ1) is 18.1. The Morgan fingerprint density at radius 3 is 2.80 bits per heavy atom. The van der Waals surface area contributed by atoms with Gasteiger partial charge in [0.15, 0.2) is 4.34 Å². The molecule has 0 radical (unpaired) electrons. The second-order valence-electron chi connectivity index (χ2n) is 4.86. The normalized spacial score (nSPS) is 10.7. The molecule has 9 heteroatoms. The zero-order valence-corrected chi connectivity index (χ0v) is 15.6. The first-order valence-electron chi connectivity index (χ1n) is 6.98. The molecule has 1 amide bonds. The molecule has 0 atom stereocenters. The van der Waals surface area contributed by atoms with E-state index in [4.69, 9.17) is 23.2 Å². The van der Waals surface area contributed by atoms with Crippen LogP contribution in [0.3, 0.4) is 0 Å². The fourth-order valence-electron chi connectivity index (χ4n) is 1.90. The molecular weight excluding hydrogens is 404 g/mol. The summed E-state index contributed by atoms with van der Waals surface area (Å²) in [6, 6.07) is 10.7.